The molecule has 2 atom stereocenters. The molecule has 1 aromatic carbocycles. The summed E-state index contributed by atoms with van der Waals surface area (Å²) in [5.74, 6) is 0.0121. The van der Waals surface area contributed by atoms with Crippen molar-refractivity contribution in [3.8, 4) is 0 Å². The highest BCUT2D eigenvalue weighted by molar-refractivity contribution is 9.10. The molecule has 0 radical (unpaired) electrons. The minimum atomic E-state index is 0.0121. The lowest BCUT2D eigenvalue weighted by molar-refractivity contribution is 0.0414. The molecule has 0 N–H and O–H groups in total. The fourth-order valence-electron chi connectivity index (χ4n) is 2.41. The molecule has 3 nitrogen and oxygen atoms in total. The number of hydrogen-bond donors (Lipinski definition) is 0. The lowest BCUT2D eigenvalue weighted by Crippen LogP contribution is -2.56. The Morgan fingerprint density at radius 3 is 2.47 bits per heavy atom. The first kappa shape index (κ1) is 14.8. The highest BCUT2D eigenvalue weighted by Gasteiger charge is 2.30. The molecule has 1 aliphatic rings. The lowest BCUT2D eigenvalue weighted by atomic mass is 10.1. The second kappa shape index (κ2) is 5.81. The van der Waals surface area contributed by atoms with Gasteiger partial charge in [-0.3, -0.25) is 9.69 Å². The van der Waals surface area contributed by atoms with Crippen molar-refractivity contribution in [2.75, 3.05) is 20.1 Å². The van der Waals surface area contributed by atoms with Crippen LogP contribution >= 0.6 is 27.5 Å². The van der Waals surface area contributed by atoms with E-state index in [1.165, 1.54) is 0 Å². The third kappa shape index (κ3) is 2.96. The number of rotatable bonds is 1. The Hall–Kier alpha value is -0.580. The molecule has 1 aromatic rings. The van der Waals surface area contributed by atoms with Gasteiger partial charge in [-0.05, 0) is 49.0 Å². The van der Waals surface area contributed by atoms with Gasteiger partial charge in [-0.2, -0.15) is 0 Å². The van der Waals surface area contributed by atoms with Crippen molar-refractivity contribution in [2.45, 2.75) is 25.9 Å². The summed E-state index contributed by atoms with van der Waals surface area (Å²) in [4.78, 5) is 16.8. The normalized spacial score (nSPS) is 24.6. The second-order valence-corrected chi connectivity index (χ2v) is 6.41. The summed E-state index contributed by atoms with van der Waals surface area (Å²) in [7, 11) is 2.10. The summed E-state index contributed by atoms with van der Waals surface area (Å²) < 4.78 is 0.759. The fraction of sp³-hybridized carbons (Fsp3) is 0.500. The van der Waals surface area contributed by atoms with Crippen molar-refractivity contribution in [1.29, 1.82) is 0 Å². The predicted molar refractivity (Wildman–Crippen MR) is 81.7 cm³/mol. The topological polar surface area (TPSA) is 23.6 Å². The third-order valence-electron chi connectivity index (χ3n) is 3.83. The third-order valence-corrected chi connectivity index (χ3v) is 5.13. The number of amides is 1. The average Bonchev–Trinajstić information content (AvgIpc) is 2.38. The number of carbonyl (C=O) groups excluding carboxylic acids is 1. The summed E-state index contributed by atoms with van der Waals surface area (Å²) in [6, 6.07) is 6.18. The van der Waals surface area contributed by atoms with Crippen LogP contribution in [0.5, 0.6) is 0 Å². The van der Waals surface area contributed by atoms with Gasteiger partial charge in [0.1, 0.15) is 0 Å². The molecular weight excluding hydrogens is 328 g/mol. The molecule has 0 bridgehead atoms. The molecule has 0 aromatic heterocycles. The number of carbonyl (C=O) groups is 1. The van der Waals surface area contributed by atoms with E-state index in [-0.39, 0.29) is 5.91 Å². The molecule has 5 heteroatoms. The van der Waals surface area contributed by atoms with Crippen LogP contribution < -0.4 is 0 Å². The van der Waals surface area contributed by atoms with Gasteiger partial charge in [-0.25, -0.2) is 0 Å². The minimum Gasteiger partial charge on any atom is -0.335 e. The van der Waals surface area contributed by atoms with E-state index >= 15 is 0 Å². The van der Waals surface area contributed by atoms with Gasteiger partial charge in [0.05, 0.1) is 10.6 Å². The maximum absolute atomic E-state index is 12.6. The van der Waals surface area contributed by atoms with Gasteiger partial charge in [0.2, 0.25) is 0 Å². The Balaban J connectivity index is 2.23. The number of halogens is 2. The van der Waals surface area contributed by atoms with Crippen LogP contribution in [0.15, 0.2) is 22.7 Å². The van der Waals surface area contributed by atoms with Crippen LogP contribution in [0.1, 0.15) is 24.2 Å². The second-order valence-electron chi connectivity index (χ2n) is 5.18. The van der Waals surface area contributed by atoms with Gasteiger partial charge < -0.3 is 4.90 Å². The van der Waals surface area contributed by atoms with E-state index in [0.717, 1.165) is 17.6 Å². The quantitative estimate of drug-likeness (QED) is 0.780. The van der Waals surface area contributed by atoms with Gasteiger partial charge in [0, 0.05) is 29.6 Å². The number of likely N-dealkylation sites (N-methyl/N-ethyl adjacent to an activating group) is 1. The molecule has 0 saturated carbocycles. The maximum atomic E-state index is 12.6. The SMILES string of the molecule is CC1CN(C(=O)c2cccc(Br)c2Cl)CC(C)N1C. The maximum Gasteiger partial charge on any atom is 0.255 e. The van der Waals surface area contributed by atoms with Crippen molar-refractivity contribution in [1.82, 2.24) is 9.80 Å². The Morgan fingerprint density at radius 2 is 1.89 bits per heavy atom. The Morgan fingerprint density at radius 1 is 1.32 bits per heavy atom. The largest absolute Gasteiger partial charge is 0.335 e. The molecule has 1 aliphatic heterocycles. The van der Waals surface area contributed by atoms with Gasteiger partial charge in [-0.15, -0.1) is 0 Å². The first-order valence-electron chi connectivity index (χ1n) is 6.37. The van der Waals surface area contributed by atoms with Crippen molar-refractivity contribution >= 4 is 33.4 Å². The van der Waals surface area contributed by atoms with E-state index in [0.29, 0.717) is 22.7 Å². The molecule has 1 saturated heterocycles. The highest BCUT2D eigenvalue weighted by atomic mass is 79.9. The zero-order chi connectivity index (χ0) is 14.2. The van der Waals surface area contributed by atoms with Crippen LogP contribution in [-0.2, 0) is 0 Å². The Bertz CT molecular complexity index is 482. The van der Waals surface area contributed by atoms with Gasteiger partial charge >= 0.3 is 0 Å². The van der Waals surface area contributed by atoms with E-state index in [2.05, 4.69) is 41.7 Å². The number of benzene rings is 1. The van der Waals surface area contributed by atoms with E-state index in [1.54, 1.807) is 6.07 Å². The van der Waals surface area contributed by atoms with E-state index in [9.17, 15) is 4.79 Å². The standard InChI is InChI=1S/C14H18BrClN2O/c1-9-7-18(8-10(2)17(9)3)14(19)11-5-4-6-12(15)13(11)16/h4-6,9-10H,7-8H2,1-3H3. The van der Waals surface area contributed by atoms with Crippen LogP contribution in [0.4, 0.5) is 0 Å². The average molecular weight is 346 g/mol. The van der Waals surface area contributed by atoms with Crippen molar-refractivity contribution in [3.05, 3.63) is 33.3 Å². The first-order valence-corrected chi connectivity index (χ1v) is 7.54. The summed E-state index contributed by atoms with van der Waals surface area (Å²) in [5, 5.41) is 0.492. The zero-order valence-corrected chi connectivity index (χ0v) is 13.7. The van der Waals surface area contributed by atoms with Crippen LogP contribution in [0, 0.1) is 0 Å². The van der Waals surface area contributed by atoms with Crippen LogP contribution in [0.3, 0.4) is 0 Å². The summed E-state index contributed by atoms with van der Waals surface area (Å²) in [6.07, 6.45) is 0. The fourth-order valence-corrected chi connectivity index (χ4v) is 2.98. The molecule has 2 rings (SSSR count). The van der Waals surface area contributed by atoms with Crippen LogP contribution in [-0.4, -0.2) is 47.9 Å². The minimum absolute atomic E-state index is 0.0121. The zero-order valence-electron chi connectivity index (χ0n) is 11.4. The van der Waals surface area contributed by atoms with Crippen LogP contribution in [0.2, 0.25) is 5.02 Å². The van der Waals surface area contributed by atoms with E-state index in [4.69, 9.17) is 11.6 Å². The van der Waals surface area contributed by atoms with Crippen LogP contribution in [0.25, 0.3) is 0 Å². The number of nitrogens with zero attached hydrogens (tertiary/aromatic N) is 2. The first-order chi connectivity index (χ1) is 8.91. The molecule has 0 aliphatic carbocycles. The van der Waals surface area contributed by atoms with E-state index in [1.807, 2.05) is 17.0 Å². The summed E-state index contributed by atoms with van der Waals surface area (Å²) in [5.41, 5.74) is 0.569. The van der Waals surface area contributed by atoms with Gasteiger partial charge in [0.15, 0.2) is 0 Å². The predicted octanol–water partition coefficient (Wildman–Crippen LogP) is 3.27. The summed E-state index contributed by atoms with van der Waals surface area (Å²) in [6.45, 7) is 5.75. The highest BCUT2D eigenvalue weighted by Crippen LogP contribution is 2.27. The number of hydrogen-bond acceptors (Lipinski definition) is 2. The van der Waals surface area contributed by atoms with Crippen molar-refractivity contribution in [2.24, 2.45) is 0 Å². The molecule has 1 fully saturated rings. The monoisotopic (exact) mass is 344 g/mol. The molecular formula is C14H18BrClN2O. The smallest absolute Gasteiger partial charge is 0.255 e. The van der Waals surface area contributed by atoms with Crippen molar-refractivity contribution < 1.29 is 4.79 Å². The molecule has 104 valence electrons. The Labute approximate surface area is 127 Å². The van der Waals surface area contributed by atoms with E-state index < -0.39 is 0 Å². The molecule has 1 heterocycles. The van der Waals surface area contributed by atoms with Gasteiger partial charge in [0.25, 0.3) is 5.91 Å². The molecule has 19 heavy (non-hydrogen) atoms. The van der Waals surface area contributed by atoms with Gasteiger partial charge in [-0.1, -0.05) is 17.7 Å². The molecule has 2 unspecified atom stereocenters. The molecule has 0 spiro atoms. The number of piperazine rings is 1. The lowest BCUT2D eigenvalue weighted by Gasteiger charge is -2.42. The summed E-state index contributed by atoms with van der Waals surface area (Å²) >= 11 is 9.56. The van der Waals surface area contributed by atoms with Crippen molar-refractivity contribution in [3.63, 3.8) is 0 Å². The molecule has 1 amide bonds. The Kier molecular flexibility index (Phi) is 4.54.